The van der Waals surface area contributed by atoms with Crippen molar-refractivity contribution in [2.45, 2.75) is 38.1 Å². The zero-order valence-electron chi connectivity index (χ0n) is 15.9. The van der Waals surface area contributed by atoms with Crippen LogP contribution in [0.25, 0.3) is 16.9 Å². The number of carbonyl (C=O) groups is 1. The van der Waals surface area contributed by atoms with E-state index in [4.69, 9.17) is 4.74 Å². The molecule has 28 heavy (non-hydrogen) atoms. The maximum Gasteiger partial charge on any atom is 0.407 e. The quantitative estimate of drug-likeness (QED) is 0.650. The fraction of sp³-hybridized carbons (Fsp3) is 0.353. The lowest BCUT2D eigenvalue weighted by atomic mass is 10.2. The first kappa shape index (κ1) is 19.7. The van der Waals surface area contributed by atoms with Crippen LogP contribution in [0.2, 0.25) is 0 Å². The Kier molecular flexibility index (Phi) is 5.02. The van der Waals surface area contributed by atoms with Crippen molar-refractivity contribution in [1.82, 2.24) is 30.3 Å². The Morgan fingerprint density at radius 1 is 1.29 bits per heavy atom. The molecule has 0 atom stereocenters. The summed E-state index contributed by atoms with van der Waals surface area (Å²) >= 11 is 0. The lowest BCUT2D eigenvalue weighted by molar-refractivity contribution is 0.0523. The van der Waals surface area contributed by atoms with Crippen LogP contribution in [0.5, 0.6) is 0 Å². The summed E-state index contributed by atoms with van der Waals surface area (Å²) in [6.07, 6.45) is 1.83. The average molecular weight is 404 g/mol. The fourth-order valence-corrected chi connectivity index (χ4v) is 2.85. The Labute approximate surface area is 161 Å². The number of aromatic nitrogens is 5. The maximum absolute atomic E-state index is 11.8. The number of hydrogen-bond acceptors (Lipinski definition) is 8. The third kappa shape index (κ3) is 4.60. The largest absolute Gasteiger partial charge is 0.444 e. The van der Waals surface area contributed by atoms with Crippen LogP contribution < -0.4 is 5.32 Å². The van der Waals surface area contributed by atoms with Crippen molar-refractivity contribution in [3.05, 3.63) is 36.0 Å². The number of fused-ring (bicyclic) bond motifs is 1. The van der Waals surface area contributed by atoms with Crippen LogP contribution in [-0.2, 0) is 21.1 Å². The molecule has 148 valence electrons. The molecule has 0 unspecified atom stereocenters. The first-order chi connectivity index (χ1) is 13.0. The van der Waals surface area contributed by atoms with Gasteiger partial charge in [0.15, 0.2) is 11.2 Å². The van der Waals surface area contributed by atoms with E-state index in [1.54, 1.807) is 39.0 Å². The molecule has 0 bridgehead atoms. The van der Waals surface area contributed by atoms with Crippen molar-refractivity contribution in [2.24, 2.45) is 0 Å². The van der Waals surface area contributed by atoms with Crippen molar-refractivity contribution < 1.29 is 17.9 Å². The standard InChI is InChI=1S/C17H20N6O4S/c1-17(2,3)27-16(24)19-9-11-6-5-7-12(8-11)23-14-13(21-22-23)10-18-15(20-14)28(4,25)26/h5-8,10H,9H2,1-4H3,(H,19,24). The number of amides is 1. The molecule has 10 nitrogen and oxygen atoms in total. The predicted molar refractivity (Wildman–Crippen MR) is 101 cm³/mol. The van der Waals surface area contributed by atoms with E-state index in [1.807, 2.05) is 6.07 Å². The normalized spacial score (nSPS) is 12.1. The minimum Gasteiger partial charge on any atom is -0.444 e. The van der Waals surface area contributed by atoms with Gasteiger partial charge >= 0.3 is 6.09 Å². The highest BCUT2D eigenvalue weighted by Crippen LogP contribution is 2.17. The number of carbonyl (C=O) groups excluding carboxylic acids is 1. The number of nitrogens with one attached hydrogen (secondary N) is 1. The number of alkyl carbamates (subject to hydrolysis) is 1. The summed E-state index contributed by atoms with van der Waals surface area (Å²) in [5.74, 6) is 0. The smallest absolute Gasteiger partial charge is 0.407 e. The van der Waals surface area contributed by atoms with E-state index in [2.05, 4.69) is 25.6 Å². The number of sulfone groups is 1. The molecule has 1 amide bonds. The first-order valence-corrected chi connectivity index (χ1v) is 10.3. The zero-order chi connectivity index (χ0) is 20.5. The van der Waals surface area contributed by atoms with E-state index in [0.29, 0.717) is 11.2 Å². The Bertz CT molecular complexity index is 1130. The highest BCUT2D eigenvalue weighted by molar-refractivity contribution is 7.90. The van der Waals surface area contributed by atoms with Gasteiger partial charge in [0.1, 0.15) is 5.60 Å². The molecule has 0 aliphatic rings. The van der Waals surface area contributed by atoms with Crippen LogP contribution in [-0.4, -0.2) is 51.3 Å². The number of hydrogen-bond donors (Lipinski definition) is 1. The molecule has 2 heterocycles. The highest BCUT2D eigenvalue weighted by atomic mass is 32.2. The van der Waals surface area contributed by atoms with E-state index in [9.17, 15) is 13.2 Å². The molecule has 0 radical (unpaired) electrons. The summed E-state index contributed by atoms with van der Waals surface area (Å²) in [6, 6.07) is 7.17. The predicted octanol–water partition coefficient (Wildman–Crippen LogP) is 1.64. The minimum atomic E-state index is -3.56. The summed E-state index contributed by atoms with van der Waals surface area (Å²) < 4.78 is 30.1. The zero-order valence-corrected chi connectivity index (χ0v) is 16.7. The topological polar surface area (TPSA) is 129 Å². The molecule has 0 aliphatic heterocycles. The van der Waals surface area contributed by atoms with Gasteiger partial charge < -0.3 is 10.1 Å². The van der Waals surface area contributed by atoms with E-state index < -0.39 is 21.5 Å². The number of benzene rings is 1. The van der Waals surface area contributed by atoms with Gasteiger partial charge in [0.05, 0.1) is 11.9 Å². The number of ether oxygens (including phenoxy) is 1. The van der Waals surface area contributed by atoms with Gasteiger partial charge in [-0.25, -0.2) is 18.2 Å². The average Bonchev–Trinajstić information content (AvgIpc) is 3.01. The molecule has 1 aromatic carbocycles. The van der Waals surface area contributed by atoms with Gasteiger partial charge in [-0.05, 0) is 38.5 Å². The summed E-state index contributed by atoms with van der Waals surface area (Å²) in [5.41, 5.74) is 1.47. The monoisotopic (exact) mass is 404 g/mol. The van der Waals surface area contributed by atoms with Crippen LogP contribution in [0.4, 0.5) is 4.79 Å². The van der Waals surface area contributed by atoms with Crippen molar-refractivity contribution >= 4 is 27.1 Å². The highest BCUT2D eigenvalue weighted by Gasteiger charge is 2.17. The van der Waals surface area contributed by atoms with Crippen LogP contribution in [0.1, 0.15) is 26.3 Å². The molecule has 3 rings (SSSR count). The Morgan fingerprint density at radius 3 is 2.71 bits per heavy atom. The maximum atomic E-state index is 11.8. The second kappa shape index (κ2) is 7.15. The molecule has 0 spiro atoms. The van der Waals surface area contributed by atoms with Crippen LogP contribution in [0.3, 0.4) is 0 Å². The van der Waals surface area contributed by atoms with E-state index in [1.165, 1.54) is 10.9 Å². The SMILES string of the molecule is CC(C)(C)OC(=O)NCc1cccc(-n2nnc3cnc(S(C)(=O)=O)nc32)c1. The molecule has 2 aromatic heterocycles. The van der Waals surface area contributed by atoms with E-state index in [-0.39, 0.29) is 17.3 Å². The third-order valence-corrected chi connectivity index (χ3v) is 4.35. The lowest BCUT2D eigenvalue weighted by Gasteiger charge is -2.19. The molecule has 0 saturated carbocycles. The van der Waals surface area contributed by atoms with Gasteiger partial charge in [-0.2, -0.15) is 9.67 Å². The summed E-state index contributed by atoms with van der Waals surface area (Å²) in [5, 5.41) is 10.4. The Balaban J connectivity index is 1.87. The second-order valence-corrected chi connectivity index (χ2v) is 9.07. The Hall–Kier alpha value is -3.08. The van der Waals surface area contributed by atoms with Crippen molar-refractivity contribution in [1.29, 1.82) is 0 Å². The molecule has 11 heteroatoms. The summed E-state index contributed by atoms with van der Waals surface area (Å²) in [4.78, 5) is 19.7. The first-order valence-electron chi connectivity index (χ1n) is 8.38. The minimum absolute atomic E-state index is 0.249. The second-order valence-electron chi connectivity index (χ2n) is 7.16. The van der Waals surface area contributed by atoms with Crippen LogP contribution >= 0.6 is 0 Å². The fourth-order valence-electron chi connectivity index (χ4n) is 2.35. The molecule has 0 aliphatic carbocycles. The molecule has 1 N–H and O–H groups in total. The van der Waals surface area contributed by atoms with Gasteiger partial charge in [0, 0.05) is 12.8 Å². The lowest BCUT2D eigenvalue weighted by Crippen LogP contribution is -2.32. The molecule has 3 aromatic rings. The van der Waals surface area contributed by atoms with Crippen LogP contribution in [0, 0.1) is 0 Å². The van der Waals surface area contributed by atoms with Gasteiger partial charge in [-0.15, -0.1) is 5.10 Å². The van der Waals surface area contributed by atoms with Crippen molar-refractivity contribution in [2.75, 3.05) is 6.26 Å². The molecular weight excluding hydrogens is 384 g/mol. The number of rotatable bonds is 4. The van der Waals surface area contributed by atoms with Gasteiger partial charge in [0.25, 0.3) is 0 Å². The van der Waals surface area contributed by atoms with Crippen molar-refractivity contribution in [3.8, 4) is 5.69 Å². The summed E-state index contributed by atoms with van der Waals surface area (Å²) in [6.45, 7) is 5.61. The van der Waals surface area contributed by atoms with Gasteiger partial charge in [0.2, 0.25) is 15.0 Å². The van der Waals surface area contributed by atoms with E-state index >= 15 is 0 Å². The van der Waals surface area contributed by atoms with Crippen LogP contribution in [0.15, 0.2) is 35.6 Å². The van der Waals surface area contributed by atoms with E-state index in [0.717, 1.165) is 11.8 Å². The third-order valence-electron chi connectivity index (χ3n) is 3.49. The molecule has 0 saturated heterocycles. The van der Waals surface area contributed by atoms with Gasteiger partial charge in [-0.1, -0.05) is 17.3 Å². The summed E-state index contributed by atoms with van der Waals surface area (Å²) in [7, 11) is -3.56. The van der Waals surface area contributed by atoms with Gasteiger partial charge in [-0.3, -0.25) is 0 Å². The molecule has 0 fully saturated rings. The van der Waals surface area contributed by atoms with Crippen molar-refractivity contribution in [3.63, 3.8) is 0 Å². The number of nitrogens with zero attached hydrogens (tertiary/aromatic N) is 5. The Morgan fingerprint density at radius 2 is 2.04 bits per heavy atom. The molecular formula is C17H20N6O4S.